The molecule has 0 atom stereocenters. The predicted molar refractivity (Wildman–Crippen MR) is 87.8 cm³/mol. The van der Waals surface area contributed by atoms with Crippen molar-refractivity contribution >= 4 is 12.0 Å². The first kappa shape index (κ1) is 18.5. The van der Waals surface area contributed by atoms with Gasteiger partial charge in [-0.15, -0.1) is 6.58 Å². The lowest BCUT2D eigenvalue weighted by atomic mass is 9.97. The van der Waals surface area contributed by atoms with Crippen molar-refractivity contribution in [3.05, 3.63) is 12.7 Å². The smallest absolute Gasteiger partial charge is 0.317 e. The summed E-state index contributed by atoms with van der Waals surface area (Å²) in [5.74, 6) is -1.03. The van der Waals surface area contributed by atoms with Gasteiger partial charge >= 0.3 is 12.0 Å². The van der Waals surface area contributed by atoms with E-state index in [1.807, 2.05) is 6.08 Å². The van der Waals surface area contributed by atoms with E-state index in [0.717, 1.165) is 19.3 Å². The first-order valence-electron chi connectivity index (χ1n) is 8.51. The van der Waals surface area contributed by atoms with Crippen molar-refractivity contribution in [3.8, 4) is 0 Å². The summed E-state index contributed by atoms with van der Waals surface area (Å²) in [7, 11) is 0. The molecule has 0 aromatic carbocycles. The molecule has 0 aliphatic carbocycles. The van der Waals surface area contributed by atoms with Gasteiger partial charge in [0.25, 0.3) is 0 Å². The average Bonchev–Trinajstić information content (AvgIpc) is 2.53. The third-order valence-electron chi connectivity index (χ3n) is 4.24. The zero-order chi connectivity index (χ0) is 16.2. The predicted octanol–water partition coefficient (Wildman–Crippen LogP) is 3.41. The van der Waals surface area contributed by atoms with Crippen molar-refractivity contribution in [2.75, 3.05) is 19.6 Å². The van der Waals surface area contributed by atoms with Gasteiger partial charge in [0.15, 0.2) is 0 Å². The number of carboxylic acids is 1. The van der Waals surface area contributed by atoms with Crippen LogP contribution in [-0.2, 0) is 4.79 Å². The number of amides is 2. The number of carbonyl (C=O) groups excluding carboxylic acids is 1. The third-order valence-corrected chi connectivity index (χ3v) is 4.24. The van der Waals surface area contributed by atoms with Crippen LogP contribution in [0.25, 0.3) is 0 Å². The summed E-state index contributed by atoms with van der Waals surface area (Å²) in [4.78, 5) is 24.5. The highest BCUT2D eigenvalue weighted by Gasteiger charge is 2.26. The van der Waals surface area contributed by atoms with E-state index in [9.17, 15) is 9.59 Å². The van der Waals surface area contributed by atoms with Crippen LogP contribution in [-0.4, -0.2) is 41.6 Å². The summed E-state index contributed by atoms with van der Waals surface area (Å²) in [5, 5.41) is 11.9. The Morgan fingerprint density at radius 2 is 1.68 bits per heavy atom. The number of urea groups is 1. The quantitative estimate of drug-likeness (QED) is 0.480. The van der Waals surface area contributed by atoms with Gasteiger partial charge in [0.05, 0.1) is 5.92 Å². The normalized spacial score (nSPS) is 15.5. The number of carbonyl (C=O) groups is 2. The molecular formula is C17H30N2O3. The van der Waals surface area contributed by atoms with Crippen LogP contribution in [0.1, 0.15) is 57.8 Å². The molecule has 5 nitrogen and oxygen atoms in total. The fourth-order valence-electron chi connectivity index (χ4n) is 2.76. The summed E-state index contributed by atoms with van der Waals surface area (Å²) >= 11 is 0. The van der Waals surface area contributed by atoms with E-state index < -0.39 is 5.97 Å². The lowest BCUT2D eigenvalue weighted by Crippen LogP contribution is -2.45. The molecule has 5 heteroatoms. The molecule has 0 aromatic heterocycles. The van der Waals surface area contributed by atoms with Crippen molar-refractivity contribution in [2.24, 2.45) is 5.92 Å². The highest BCUT2D eigenvalue weighted by molar-refractivity contribution is 5.75. The monoisotopic (exact) mass is 310 g/mol. The molecule has 0 spiro atoms. The minimum absolute atomic E-state index is 0.0465. The lowest BCUT2D eigenvalue weighted by molar-refractivity contribution is -0.143. The Morgan fingerprint density at radius 3 is 2.27 bits per heavy atom. The van der Waals surface area contributed by atoms with Gasteiger partial charge in [0, 0.05) is 19.6 Å². The van der Waals surface area contributed by atoms with Crippen LogP contribution in [0.3, 0.4) is 0 Å². The molecule has 1 rings (SSSR count). The Balaban J connectivity index is 1.98. The zero-order valence-electron chi connectivity index (χ0n) is 13.6. The van der Waals surface area contributed by atoms with E-state index >= 15 is 0 Å². The minimum atomic E-state index is -0.742. The summed E-state index contributed by atoms with van der Waals surface area (Å²) < 4.78 is 0. The first-order chi connectivity index (χ1) is 10.6. The standard InChI is InChI=1S/C17H30N2O3/c1-2-3-4-5-6-7-8-9-12-18-17(22)19-13-10-15(11-14-19)16(20)21/h2,15H,1,3-14H2,(H,18,22)(H,20,21). The molecule has 1 fully saturated rings. The molecule has 0 unspecified atom stereocenters. The van der Waals surface area contributed by atoms with Crippen LogP contribution >= 0.6 is 0 Å². The van der Waals surface area contributed by atoms with Gasteiger partial charge in [-0.3, -0.25) is 4.79 Å². The van der Waals surface area contributed by atoms with Crippen molar-refractivity contribution in [1.29, 1.82) is 0 Å². The summed E-state index contributed by atoms with van der Waals surface area (Å²) in [6.45, 7) is 5.52. The number of nitrogens with one attached hydrogen (secondary N) is 1. The Bertz CT molecular complexity index is 350. The maximum absolute atomic E-state index is 11.9. The fourth-order valence-corrected chi connectivity index (χ4v) is 2.76. The number of hydrogen-bond acceptors (Lipinski definition) is 2. The van der Waals surface area contributed by atoms with Crippen LogP contribution in [0.2, 0.25) is 0 Å². The molecule has 1 saturated heterocycles. The Labute approximate surface area is 133 Å². The van der Waals surface area contributed by atoms with Crippen molar-refractivity contribution in [2.45, 2.75) is 57.8 Å². The van der Waals surface area contributed by atoms with Crippen LogP contribution < -0.4 is 5.32 Å². The number of unbranched alkanes of at least 4 members (excludes halogenated alkanes) is 6. The second kappa shape index (κ2) is 11.1. The van der Waals surface area contributed by atoms with E-state index in [0.29, 0.717) is 32.5 Å². The third kappa shape index (κ3) is 7.48. The number of likely N-dealkylation sites (tertiary alicyclic amines) is 1. The number of hydrogen-bond donors (Lipinski definition) is 2. The maximum atomic E-state index is 11.9. The van der Waals surface area contributed by atoms with E-state index in [1.165, 1.54) is 25.7 Å². The highest BCUT2D eigenvalue weighted by Crippen LogP contribution is 2.17. The van der Waals surface area contributed by atoms with Crippen molar-refractivity contribution < 1.29 is 14.7 Å². The van der Waals surface area contributed by atoms with Gasteiger partial charge in [0.2, 0.25) is 0 Å². The molecule has 2 amide bonds. The molecule has 2 N–H and O–H groups in total. The average molecular weight is 310 g/mol. The van der Waals surface area contributed by atoms with E-state index in [-0.39, 0.29) is 11.9 Å². The number of allylic oxidation sites excluding steroid dienone is 1. The van der Waals surface area contributed by atoms with Gasteiger partial charge in [-0.1, -0.05) is 31.8 Å². The number of piperidine rings is 1. The second-order valence-electron chi connectivity index (χ2n) is 6.03. The first-order valence-corrected chi connectivity index (χ1v) is 8.51. The largest absolute Gasteiger partial charge is 0.481 e. The van der Waals surface area contributed by atoms with Gasteiger partial charge in [-0.05, 0) is 32.1 Å². The van der Waals surface area contributed by atoms with Crippen LogP contribution in [0.4, 0.5) is 4.79 Å². The summed E-state index contributed by atoms with van der Waals surface area (Å²) in [6.07, 6.45) is 11.3. The van der Waals surface area contributed by atoms with Crippen molar-refractivity contribution in [3.63, 3.8) is 0 Å². The molecule has 1 aliphatic rings. The SMILES string of the molecule is C=CCCCCCCCCNC(=O)N1CCC(C(=O)O)CC1. The van der Waals surface area contributed by atoms with Crippen LogP contribution in [0.5, 0.6) is 0 Å². The van der Waals surface area contributed by atoms with Crippen LogP contribution in [0, 0.1) is 5.92 Å². The molecule has 126 valence electrons. The molecule has 1 aliphatic heterocycles. The fraction of sp³-hybridized carbons (Fsp3) is 0.765. The van der Waals surface area contributed by atoms with E-state index in [4.69, 9.17) is 5.11 Å². The molecule has 0 aromatic rings. The molecular weight excluding hydrogens is 280 g/mol. The van der Waals surface area contributed by atoms with Gasteiger partial charge in [-0.25, -0.2) is 4.79 Å². The maximum Gasteiger partial charge on any atom is 0.317 e. The number of aliphatic carboxylic acids is 1. The highest BCUT2D eigenvalue weighted by atomic mass is 16.4. The van der Waals surface area contributed by atoms with Gasteiger partial charge in [0.1, 0.15) is 0 Å². The molecule has 22 heavy (non-hydrogen) atoms. The minimum Gasteiger partial charge on any atom is -0.481 e. The number of carboxylic acid groups (broad SMARTS) is 1. The van der Waals surface area contributed by atoms with Gasteiger partial charge < -0.3 is 15.3 Å². The molecule has 0 bridgehead atoms. The Morgan fingerprint density at radius 1 is 1.09 bits per heavy atom. The van der Waals surface area contributed by atoms with E-state index in [1.54, 1.807) is 4.90 Å². The summed E-state index contributed by atoms with van der Waals surface area (Å²) in [5.41, 5.74) is 0. The zero-order valence-corrected chi connectivity index (χ0v) is 13.6. The lowest BCUT2D eigenvalue weighted by Gasteiger charge is -2.30. The number of nitrogens with zero attached hydrogens (tertiary/aromatic N) is 1. The Hall–Kier alpha value is -1.52. The summed E-state index contributed by atoms with van der Waals surface area (Å²) in [6, 6.07) is -0.0465. The molecule has 0 radical (unpaired) electrons. The topological polar surface area (TPSA) is 69.6 Å². The van der Waals surface area contributed by atoms with Crippen molar-refractivity contribution in [1.82, 2.24) is 10.2 Å². The Kier molecular flexibility index (Phi) is 9.35. The molecule has 0 saturated carbocycles. The van der Waals surface area contributed by atoms with E-state index in [2.05, 4.69) is 11.9 Å². The molecule has 1 heterocycles. The van der Waals surface area contributed by atoms with Crippen LogP contribution in [0.15, 0.2) is 12.7 Å². The second-order valence-corrected chi connectivity index (χ2v) is 6.03. The van der Waals surface area contributed by atoms with Gasteiger partial charge in [-0.2, -0.15) is 0 Å². The number of rotatable bonds is 10.